The number of carboxylic acid groups (broad SMARTS) is 1. The van der Waals surface area contributed by atoms with Gasteiger partial charge in [-0.2, -0.15) is 4.39 Å². The van der Waals surface area contributed by atoms with Gasteiger partial charge in [0.05, 0.1) is 0 Å². The number of benzene rings is 1. The number of halogens is 2. The Morgan fingerprint density at radius 3 is 2.60 bits per heavy atom. The Hall–Kier alpha value is -1.69. The van der Waals surface area contributed by atoms with Crippen molar-refractivity contribution in [2.75, 3.05) is 0 Å². The molecule has 0 bridgehead atoms. The first-order chi connectivity index (χ1) is 6.93. The van der Waals surface area contributed by atoms with Gasteiger partial charge in [0.2, 0.25) is 5.82 Å². The van der Waals surface area contributed by atoms with E-state index in [1.54, 1.807) is 0 Å². The smallest absolute Gasteiger partial charge is 0.320 e. The summed E-state index contributed by atoms with van der Waals surface area (Å²) in [4.78, 5) is 10.4. The van der Waals surface area contributed by atoms with E-state index in [9.17, 15) is 13.6 Å². The third-order valence-corrected chi connectivity index (χ3v) is 1.91. The van der Waals surface area contributed by atoms with E-state index in [1.165, 1.54) is 0 Å². The van der Waals surface area contributed by atoms with Crippen molar-refractivity contribution in [2.45, 2.75) is 12.5 Å². The van der Waals surface area contributed by atoms with Gasteiger partial charge >= 0.3 is 5.97 Å². The third-order valence-electron chi connectivity index (χ3n) is 1.91. The number of aliphatic carboxylic acids is 1. The van der Waals surface area contributed by atoms with Gasteiger partial charge in [-0.25, -0.2) is 4.39 Å². The number of aromatic hydroxyl groups is 1. The lowest BCUT2D eigenvalue weighted by molar-refractivity contribution is -0.138. The summed E-state index contributed by atoms with van der Waals surface area (Å²) in [6.45, 7) is 0. The van der Waals surface area contributed by atoms with Crippen molar-refractivity contribution in [3.8, 4) is 5.75 Å². The van der Waals surface area contributed by atoms with Crippen LogP contribution in [0, 0.1) is 11.6 Å². The fraction of sp³-hybridized carbons (Fsp3) is 0.222. The number of phenolic OH excluding ortho intramolecular Hbond substituents is 1. The molecule has 0 spiro atoms. The second kappa shape index (κ2) is 4.22. The largest absolute Gasteiger partial charge is 0.505 e. The van der Waals surface area contributed by atoms with Crippen molar-refractivity contribution in [1.29, 1.82) is 0 Å². The first-order valence-electron chi connectivity index (χ1n) is 4.07. The van der Waals surface area contributed by atoms with Crippen LogP contribution in [0.5, 0.6) is 5.75 Å². The van der Waals surface area contributed by atoms with Gasteiger partial charge in [0.15, 0.2) is 11.6 Å². The molecule has 0 aliphatic rings. The molecule has 0 aromatic heterocycles. The van der Waals surface area contributed by atoms with Crippen LogP contribution < -0.4 is 5.73 Å². The lowest BCUT2D eigenvalue weighted by Crippen LogP contribution is -2.32. The molecule has 1 aromatic carbocycles. The zero-order chi connectivity index (χ0) is 11.6. The van der Waals surface area contributed by atoms with Gasteiger partial charge in [-0.05, 0) is 11.6 Å². The summed E-state index contributed by atoms with van der Waals surface area (Å²) in [5.41, 5.74) is 5.14. The Morgan fingerprint density at radius 1 is 1.47 bits per heavy atom. The lowest BCUT2D eigenvalue weighted by atomic mass is 10.1. The Balaban J connectivity index is 2.97. The molecule has 15 heavy (non-hydrogen) atoms. The Labute approximate surface area is 83.9 Å². The predicted molar refractivity (Wildman–Crippen MR) is 47.3 cm³/mol. The monoisotopic (exact) mass is 217 g/mol. The van der Waals surface area contributed by atoms with Crippen LogP contribution in [0.2, 0.25) is 0 Å². The molecule has 0 saturated heterocycles. The molecule has 0 saturated carbocycles. The zero-order valence-electron chi connectivity index (χ0n) is 7.58. The van der Waals surface area contributed by atoms with Gasteiger partial charge in [0, 0.05) is 6.42 Å². The first kappa shape index (κ1) is 11.4. The molecule has 1 rings (SSSR count). The summed E-state index contributed by atoms with van der Waals surface area (Å²) >= 11 is 0. The molecule has 1 atom stereocenters. The van der Waals surface area contributed by atoms with Gasteiger partial charge in [-0.1, -0.05) is 6.07 Å². The van der Waals surface area contributed by atoms with Crippen LogP contribution in [0.1, 0.15) is 5.56 Å². The highest BCUT2D eigenvalue weighted by Crippen LogP contribution is 2.24. The number of phenols is 1. The maximum absolute atomic E-state index is 12.8. The number of hydrogen-bond donors (Lipinski definition) is 3. The van der Waals surface area contributed by atoms with E-state index in [0.717, 1.165) is 12.1 Å². The molecule has 4 N–H and O–H groups in total. The van der Waals surface area contributed by atoms with E-state index < -0.39 is 29.4 Å². The standard InChI is InChI=1S/C9H9F2NO3/c10-5-2-1-4(8(13)7(5)11)3-6(12)9(14)15/h1-2,6,13H,3,12H2,(H,14,15). The number of carbonyl (C=O) groups is 1. The van der Waals surface area contributed by atoms with Gasteiger partial charge in [-0.15, -0.1) is 0 Å². The van der Waals surface area contributed by atoms with Crippen molar-refractivity contribution in [3.63, 3.8) is 0 Å². The Bertz CT molecular complexity index is 395. The van der Waals surface area contributed by atoms with Crippen molar-refractivity contribution >= 4 is 5.97 Å². The molecule has 0 amide bonds. The highest BCUT2D eigenvalue weighted by molar-refractivity contribution is 5.73. The van der Waals surface area contributed by atoms with E-state index in [2.05, 4.69) is 0 Å². The minimum atomic E-state index is -1.40. The second-order valence-electron chi connectivity index (χ2n) is 3.02. The van der Waals surface area contributed by atoms with Crippen molar-refractivity contribution in [1.82, 2.24) is 0 Å². The molecule has 0 aliphatic heterocycles. The Kier molecular flexibility index (Phi) is 3.21. The van der Waals surface area contributed by atoms with Crippen LogP contribution in [-0.2, 0) is 11.2 Å². The number of hydrogen-bond acceptors (Lipinski definition) is 3. The molecule has 0 radical (unpaired) electrons. The zero-order valence-corrected chi connectivity index (χ0v) is 7.58. The number of nitrogens with two attached hydrogens (primary N) is 1. The van der Waals surface area contributed by atoms with Crippen LogP contribution >= 0.6 is 0 Å². The molecule has 0 aliphatic carbocycles. The van der Waals surface area contributed by atoms with Gasteiger partial charge in [-0.3, -0.25) is 4.79 Å². The molecule has 1 unspecified atom stereocenters. The fourth-order valence-electron chi connectivity index (χ4n) is 1.07. The quantitative estimate of drug-likeness (QED) is 0.693. The molecular weight excluding hydrogens is 208 g/mol. The van der Waals surface area contributed by atoms with E-state index in [1.807, 2.05) is 0 Å². The van der Waals surface area contributed by atoms with Gasteiger partial charge < -0.3 is 15.9 Å². The van der Waals surface area contributed by atoms with E-state index in [0.29, 0.717) is 0 Å². The summed E-state index contributed by atoms with van der Waals surface area (Å²) in [6, 6.07) is 0.635. The molecule has 82 valence electrons. The topological polar surface area (TPSA) is 83.5 Å². The average molecular weight is 217 g/mol. The molecule has 4 nitrogen and oxygen atoms in total. The highest BCUT2D eigenvalue weighted by atomic mass is 19.2. The van der Waals surface area contributed by atoms with Crippen LogP contribution in [0.3, 0.4) is 0 Å². The van der Waals surface area contributed by atoms with Crippen LogP contribution in [0.4, 0.5) is 8.78 Å². The minimum absolute atomic E-state index is 0.0381. The number of rotatable bonds is 3. The lowest BCUT2D eigenvalue weighted by Gasteiger charge is -2.08. The summed E-state index contributed by atoms with van der Waals surface area (Å²) < 4.78 is 25.4. The summed E-state index contributed by atoms with van der Waals surface area (Å²) in [5.74, 6) is -4.77. The van der Waals surface area contributed by atoms with Crippen LogP contribution in [0.25, 0.3) is 0 Å². The predicted octanol–water partition coefficient (Wildman–Crippen LogP) is 0.625. The van der Waals surface area contributed by atoms with Crippen molar-refractivity contribution in [2.24, 2.45) is 5.73 Å². The maximum Gasteiger partial charge on any atom is 0.320 e. The van der Waals surface area contributed by atoms with Crippen molar-refractivity contribution in [3.05, 3.63) is 29.3 Å². The highest BCUT2D eigenvalue weighted by Gasteiger charge is 2.18. The Morgan fingerprint density at radius 2 is 2.07 bits per heavy atom. The van der Waals surface area contributed by atoms with E-state index in [-0.39, 0.29) is 12.0 Å². The van der Waals surface area contributed by atoms with Crippen LogP contribution in [0.15, 0.2) is 12.1 Å². The molecule has 1 aromatic rings. The third kappa shape index (κ3) is 2.41. The van der Waals surface area contributed by atoms with Crippen molar-refractivity contribution < 1.29 is 23.8 Å². The van der Waals surface area contributed by atoms with E-state index >= 15 is 0 Å². The van der Waals surface area contributed by atoms with E-state index in [4.69, 9.17) is 15.9 Å². The maximum atomic E-state index is 12.8. The van der Waals surface area contributed by atoms with Gasteiger partial charge in [0.1, 0.15) is 6.04 Å². The SMILES string of the molecule is NC(Cc1ccc(F)c(F)c1O)C(=O)O. The average Bonchev–Trinajstić information content (AvgIpc) is 2.18. The molecule has 6 heteroatoms. The summed E-state index contributed by atoms with van der Waals surface area (Å²) in [5, 5.41) is 17.6. The summed E-state index contributed by atoms with van der Waals surface area (Å²) in [7, 11) is 0. The first-order valence-corrected chi connectivity index (χ1v) is 4.07. The molecular formula is C9H9F2NO3. The van der Waals surface area contributed by atoms with Crippen LogP contribution in [-0.4, -0.2) is 22.2 Å². The summed E-state index contributed by atoms with van der Waals surface area (Å²) in [6.07, 6.45) is -0.266. The molecule has 0 heterocycles. The minimum Gasteiger partial charge on any atom is -0.505 e. The fourth-order valence-corrected chi connectivity index (χ4v) is 1.07. The normalized spacial score (nSPS) is 12.5. The van der Waals surface area contributed by atoms with Gasteiger partial charge in [0.25, 0.3) is 0 Å². The second-order valence-corrected chi connectivity index (χ2v) is 3.02. The molecule has 0 fully saturated rings. The number of carboxylic acids is 1.